The largest absolute Gasteiger partial charge is 0.349 e. The molecule has 3 rings (SSSR count). The fourth-order valence-electron chi connectivity index (χ4n) is 2.83. The number of halogens is 1. The van der Waals surface area contributed by atoms with E-state index < -0.39 is 6.67 Å². The molecule has 9 heteroatoms. The monoisotopic (exact) mass is 385 g/mol. The minimum absolute atomic E-state index is 0.210. The number of carbonyl (C=O) groups excluding carboxylic acids is 1. The molecule has 28 heavy (non-hydrogen) atoms. The van der Waals surface area contributed by atoms with E-state index >= 15 is 0 Å². The van der Waals surface area contributed by atoms with Crippen molar-refractivity contribution in [2.75, 3.05) is 26.3 Å². The molecule has 1 N–H and O–H groups in total. The van der Waals surface area contributed by atoms with Crippen molar-refractivity contribution < 1.29 is 9.18 Å². The molecule has 0 saturated carbocycles. The van der Waals surface area contributed by atoms with E-state index in [0.29, 0.717) is 30.8 Å². The average molecular weight is 385 g/mol. The predicted molar refractivity (Wildman–Crippen MR) is 104 cm³/mol. The Kier molecular flexibility index (Phi) is 6.59. The highest BCUT2D eigenvalue weighted by molar-refractivity contribution is 5.93. The van der Waals surface area contributed by atoms with Gasteiger partial charge in [0.1, 0.15) is 12.4 Å². The summed E-state index contributed by atoms with van der Waals surface area (Å²) in [5.74, 6) is -0.250. The van der Waals surface area contributed by atoms with Crippen molar-refractivity contribution in [1.29, 1.82) is 0 Å². The van der Waals surface area contributed by atoms with E-state index in [1.807, 2.05) is 32.0 Å². The maximum atomic E-state index is 12.4. The summed E-state index contributed by atoms with van der Waals surface area (Å²) in [7, 11) is 0. The molecule has 0 radical (unpaired) electrons. The number of nitrogens with one attached hydrogen (secondary N) is 1. The van der Waals surface area contributed by atoms with Crippen LogP contribution in [0.1, 0.15) is 28.7 Å². The van der Waals surface area contributed by atoms with Crippen molar-refractivity contribution in [3.8, 4) is 0 Å². The van der Waals surface area contributed by atoms with Crippen molar-refractivity contribution in [3.63, 3.8) is 0 Å². The molecule has 0 atom stereocenters. The standard InChI is InChI=1S/C19H24FN7O/c1-3-26(12-15-13-27(8-6-20)25-24-15)9-7-21-19(28)18-11-22-17-10-14(2)4-5-16(17)23-18/h4-5,10-11,13H,3,6-9,12H2,1-2H3,(H,21,28). The van der Waals surface area contributed by atoms with E-state index in [2.05, 4.69) is 30.5 Å². The molecule has 0 unspecified atom stereocenters. The summed E-state index contributed by atoms with van der Waals surface area (Å²) in [6.07, 6.45) is 3.24. The van der Waals surface area contributed by atoms with Gasteiger partial charge in [-0.1, -0.05) is 18.2 Å². The van der Waals surface area contributed by atoms with Crippen molar-refractivity contribution >= 4 is 16.9 Å². The zero-order valence-electron chi connectivity index (χ0n) is 16.1. The van der Waals surface area contributed by atoms with Gasteiger partial charge >= 0.3 is 0 Å². The molecule has 0 bridgehead atoms. The summed E-state index contributed by atoms with van der Waals surface area (Å²) < 4.78 is 13.8. The number of aryl methyl sites for hydroxylation is 2. The average Bonchev–Trinajstić information content (AvgIpc) is 3.14. The van der Waals surface area contributed by atoms with Crippen LogP contribution in [0, 0.1) is 6.92 Å². The first-order valence-electron chi connectivity index (χ1n) is 9.28. The molecule has 8 nitrogen and oxygen atoms in total. The van der Waals surface area contributed by atoms with E-state index in [0.717, 1.165) is 23.3 Å². The van der Waals surface area contributed by atoms with Gasteiger partial charge in [0.05, 0.1) is 29.5 Å². The first-order valence-corrected chi connectivity index (χ1v) is 9.28. The summed E-state index contributed by atoms with van der Waals surface area (Å²) in [4.78, 5) is 23.2. The van der Waals surface area contributed by atoms with Gasteiger partial charge in [0, 0.05) is 25.8 Å². The number of aromatic nitrogens is 5. The summed E-state index contributed by atoms with van der Waals surface area (Å²) in [5, 5.41) is 10.8. The van der Waals surface area contributed by atoms with Crippen molar-refractivity contribution in [3.05, 3.63) is 47.5 Å². The van der Waals surface area contributed by atoms with Crippen molar-refractivity contribution in [1.82, 2.24) is 35.2 Å². The maximum Gasteiger partial charge on any atom is 0.271 e. The summed E-state index contributed by atoms with van der Waals surface area (Å²) in [6, 6.07) is 5.75. The SMILES string of the molecule is CCN(CCNC(=O)c1cnc2cc(C)ccc2n1)Cc1cn(CCF)nn1. The Morgan fingerprint density at radius 1 is 1.32 bits per heavy atom. The van der Waals surface area contributed by atoms with Gasteiger partial charge in [-0.3, -0.25) is 14.7 Å². The molecule has 2 heterocycles. The second-order valence-electron chi connectivity index (χ2n) is 6.53. The molecular formula is C19H24FN7O. The number of nitrogens with zero attached hydrogens (tertiary/aromatic N) is 6. The predicted octanol–water partition coefficient (Wildman–Crippen LogP) is 1.75. The van der Waals surface area contributed by atoms with Gasteiger partial charge in [-0.2, -0.15) is 0 Å². The molecule has 1 amide bonds. The van der Waals surface area contributed by atoms with Crippen LogP contribution in [0.4, 0.5) is 4.39 Å². The molecule has 0 fully saturated rings. The Morgan fingerprint density at radius 2 is 2.18 bits per heavy atom. The summed E-state index contributed by atoms with van der Waals surface area (Å²) in [5.41, 5.74) is 3.65. The molecular weight excluding hydrogens is 361 g/mol. The first-order chi connectivity index (χ1) is 13.6. The number of fused-ring (bicyclic) bond motifs is 1. The second-order valence-corrected chi connectivity index (χ2v) is 6.53. The molecule has 0 aliphatic heterocycles. The van der Waals surface area contributed by atoms with E-state index in [4.69, 9.17) is 0 Å². The fourth-order valence-corrected chi connectivity index (χ4v) is 2.83. The van der Waals surface area contributed by atoms with E-state index in [9.17, 15) is 9.18 Å². The van der Waals surface area contributed by atoms with Crippen LogP contribution in [-0.4, -0.2) is 62.1 Å². The highest BCUT2D eigenvalue weighted by Crippen LogP contribution is 2.11. The summed E-state index contributed by atoms with van der Waals surface area (Å²) >= 11 is 0. The Balaban J connectivity index is 1.52. The highest BCUT2D eigenvalue weighted by atomic mass is 19.1. The fraction of sp³-hybridized carbons (Fsp3) is 0.421. The zero-order chi connectivity index (χ0) is 19.9. The lowest BCUT2D eigenvalue weighted by molar-refractivity contribution is 0.0943. The number of hydrogen-bond acceptors (Lipinski definition) is 6. The van der Waals surface area contributed by atoms with Gasteiger partial charge in [0.2, 0.25) is 0 Å². The normalized spacial score (nSPS) is 11.3. The van der Waals surface area contributed by atoms with Gasteiger partial charge in [0.25, 0.3) is 5.91 Å². The quantitative estimate of drug-likeness (QED) is 0.604. The first kappa shape index (κ1) is 19.8. The Morgan fingerprint density at radius 3 is 2.96 bits per heavy atom. The van der Waals surface area contributed by atoms with E-state index in [-0.39, 0.29) is 12.5 Å². The number of amides is 1. The van der Waals surface area contributed by atoms with Gasteiger partial charge in [0.15, 0.2) is 0 Å². The van der Waals surface area contributed by atoms with Gasteiger partial charge in [-0.15, -0.1) is 5.10 Å². The second kappa shape index (κ2) is 9.32. The molecule has 0 spiro atoms. The Hall–Kier alpha value is -2.94. The number of likely N-dealkylation sites (N-methyl/N-ethyl adjacent to an activating group) is 1. The van der Waals surface area contributed by atoms with Crippen LogP contribution in [0.2, 0.25) is 0 Å². The van der Waals surface area contributed by atoms with Crippen LogP contribution in [-0.2, 0) is 13.1 Å². The zero-order valence-corrected chi connectivity index (χ0v) is 16.1. The van der Waals surface area contributed by atoms with Gasteiger partial charge in [-0.05, 0) is 31.2 Å². The number of carbonyl (C=O) groups is 1. The number of benzene rings is 1. The van der Waals surface area contributed by atoms with Crippen LogP contribution >= 0.6 is 0 Å². The molecule has 148 valence electrons. The van der Waals surface area contributed by atoms with Crippen LogP contribution in [0.5, 0.6) is 0 Å². The van der Waals surface area contributed by atoms with Crippen LogP contribution in [0.15, 0.2) is 30.6 Å². The van der Waals surface area contributed by atoms with Gasteiger partial charge < -0.3 is 5.32 Å². The number of rotatable bonds is 9. The van der Waals surface area contributed by atoms with Crippen LogP contribution in [0.3, 0.4) is 0 Å². The lowest BCUT2D eigenvalue weighted by Gasteiger charge is -2.19. The molecule has 0 saturated heterocycles. The third-order valence-electron chi connectivity index (χ3n) is 4.38. The minimum atomic E-state index is -0.469. The van der Waals surface area contributed by atoms with Crippen LogP contribution < -0.4 is 5.32 Å². The summed E-state index contributed by atoms with van der Waals surface area (Å²) in [6.45, 7) is 6.27. The highest BCUT2D eigenvalue weighted by Gasteiger charge is 2.11. The smallest absolute Gasteiger partial charge is 0.271 e. The Bertz CT molecular complexity index is 943. The third-order valence-corrected chi connectivity index (χ3v) is 4.38. The van der Waals surface area contributed by atoms with Crippen molar-refractivity contribution in [2.45, 2.75) is 26.9 Å². The molecule has 0 aliphatic carbocycles. The molecule has 1 aromatic carbocycles. The molecule has 3 aromatic rings. The lowest BCUT2D eigenvalue weighted by Crippen LogP contribution is -2.35. The molecule has 0 aliphatic rings. The maximum absolute atomic E-state index is 12.4. The van der Waals surface area contributed by atoms with E-state index in [1.165, 1.54) is 10.9 Å². The third kappa shape index (κ3) is 5.07. The lowest BCUT2D eigenvalue weighted by atomic mass is 10.2. The number of hydrogen-bond donors (Lipinski definition) is 1. The van der Waals surface area contributed by atoms with Crippen molar-refractivity contribution in [2.24, 2.45) is 0 Å². The topological polar surface area (TPSA) is 88.8 Å². The minimum Gasteiger partial charge on any atom is -0.349 e. The molecule has 2 aromatic heterocycles. The van der Waals surface area contributed by atoms with E-state index in [1.54, 1.807) is 6.20 Å². The van der Waals surface area contributed by atoms with Gasteiger partial charge in [-0.25, -0.2) is 14.1 Å². The Labute approximate surface area is 162 Å². The number of alkyl halides is 1. The van der Waals surface area contributed by atoms with Crippen LogP contribution in [0.25, 0.3) is 11.0 Å².